The van der Waals surface area contributed by atoms with Crippen LogP contribution in [0.5, 0.6) is 0 Å². The quantitative estimate of drug-likeness (QED) is 0.151. The van der Waals surface area contributed by atoms with Crippen LogP contribution in [0.3, 0.4) is 0 Å². The standard InChI is InChI=1S/C42H38N4O2S2/c47-39(25-29-9-3-1-4-10-29)45-23-7-13-35(45)41-43-27-37(49-41)33-19-15-31(16-20-33)32-17-21-34(22-18-32)38-28-44-42(50-38)36-14-8-24-46(36)40(48)26-30-11-5-2-6-12-30/h1-6,9-12,15-22,27-28,35-36H,7-8,13-14,23-26H2/t35-,36-/m0/s1. The minimum absolute atomic E-state index is 0.0524. The first kappa shape index (κ1) is 32.3. The fourth-order valence-electron chi connectivity index (χ4n) is 7.19. The van der Waals surface area contributed by atoms with Gasteiger partial charge in [-0.2, -0.15) is 0 Å². The molecule has 2 aliphatic rings. The van der Waals surface area contributed by atoms with Crippen molar-refractivity contribution in [3.63, 3.8) is 0 Å². The van der Waals surface area contributed by atoms with Gasteiger partial charge in [-0.15, -0.1) is 22.7 Å². The van der Waals surface area contributed by atoms with Gasteiger partial charge in [0.05, 0.1) is 34.7 Å². The van der Waals surface area contributed by atoms with Crippen molar-refractivity contribution < 1.29 is 9.59 Å². The monoisotopic (exact) mass is 694 g/mol. The van der Waals surface area contributed by atoms with Crippen molar-refractivity contribution >= 4 is 34.5 Å². The molecule has 0 saturated carbocycles. The molecule has 6 aromatic rings. The summed E-state index contributed by atoms with van der Waals surface area (Å²) in [7, 11) is 0. The summed E-state index contributed by atoms with van der Waals surface area (Å²) in [5.41, 5.74) is 6.68. The SMILES string of the molecule is O=C(Cc1ccccc1)N1CCC[C@H]1c1ncc(-c2ccc(-c3ccc(-c4cnc([C@@H]5CCCN5C(=O)Cc5ccccc5)s4)cc3)cc2)s1. The number of thiazole rings is 2. The molecule has 2 fully saturated rings. The van der Waals surface area contributed by atoms with Crippen LogP contribution in [0.4, 0.5) is 0 Å². The van der Waals surface area contributed by atoms with Gasteiger partial charge in [-0.3, -0.25) is 9.59 Å². The number of hydrogen-bond donors (Lipinski definition) is 0. The van der Waals surface area contributed by atoms with Crippen LogP contribution < -0.4 is 0 Å². The van der Waals surface area contributed by atoms with E-state index in [1.165, 1.54) is 0 Å². The van der Waals surface area contributed by atoms with Gasteiger partial charge < -0.3 is 9.80 Å². The van der Waals surface area contributed by atoms with Crippen molar-refractivity contribution in [2.75, 3.05) is 13.1 Å². The van der Waals surface area contributed by atoms with Crippen molar-refractivity contribution in [1.29, 1.82) is 0 Å². The van der Waals surface area contributed by atoms with Crippen molar-refractivity contribution in [2.24, 2.45) is 0 Å². The maximum absolute atomic E-state index is 13.2. The van der Waals surface area contributed by atoms with Crippen LogP contribution in [0.15, 0.2) is 122 Å². The lowest BCUT2D eigenvalue weighted by molar-refractivity contribution is -0.132. The summed E-state index contributed by atoms with van der Waals surface area (Å²) in [4.78, 5) is 42.2. The lowest BCUT2D eigenvalue weighted by Gasteiger charge is -2.23. The fraction of sp³-hybridized carbons (Fsp3) is 0.238. The molecule has 2 atom stereocenters. The molecule has 8 heteroatoms. The Morgan fingerprint density at radius 3 is 1.32 bits per heavy atom. The smallest absolute Gasteiger partial charge is 0.227 e. The Bertz CT molecular complexity index is 1920. The van der Waals surface area contributed by atoms with E-state index < -0.39 is 0 Å². The van der Waals surface area contributed by atoms with Crippen LogP contribution in [-0.2, 0) is 22.4 Å². The Morgan fingerprint density at radius 2 is 0.920 bits per heavy atom. The first-order valence-electron chi connectivity index (χ1n) is 17.4. The molecule has 0 unspecified atom stereocenters. The van der Waals surface area contributed by atoms with Crippen molar-refractivity contribution in [3.8, 4) is 32.0 Å². The highest BCUT2D eigenvalue weighted by atomic mass is 32.1. The summed E-state index contributed by atoms with van der Waals surface area (Å²) < 4.78 is 0. The second kappa shape index (κ2) is 14.5. The fourth-order valence-corrected chi connectivity index (χ4v) is 9.33. The molecule has 250 valence electrons. The second-order valence-corrected chi connectivity index (χ2v) is 15.2. The van der Waals surface area contributed by atoms with Gasteiger partial charge in [0.25, 0.3) is 0 Å². The summed E-state index contributed by atoms with van der Waals surface area (Å²) in [5.74, 6) is 0.348. The molecule has 2 saturated heterocycles. The van der Waals surface area contributed by atoms with Crippen LogP contribution in [0.25, 0.3) is 32.0 Å². The Kier molecular flexibility index (Phi) is 9.37. The van der Waals surface area contributed by atoms with Crippen LogP contribution in [-0.4, -0.2) is 44.7 Å². The summed E-state index contributed by atoms with van der Waals surface area (Å²) in [6.45, 7) is 1.58. The highest BCUT2D eigenvalue weighted by Crippen LogP contribution is 2.40. The lowest BCUT2D eigenvalue weighted by Crippen LogP contribution is -2.31. The third kappa shape index (κ3) is 6.91. The van der Waals surface area contributed by atoms with E-state index >= 15 is 0 Å². The molecule has 0 radical (unpaired) electrons. The number of rotatable bonds is 9. The predicted molar refractivity (Wildman–Crippen MR) is 202 cm³/mol. The van der Waals surface area contributed by atoms with Gasteiger partial charge in [0, 0.05) is 25.5 Å². The zero-order valence-corrected chi connectivity index (χ0v) is 29.4. The molecule has 2 amide bonds. The molecule has 6 nitrogen and oxygen atoms in total. The molecule has 8 rings (SSSR count). The van der Waals surface area contributed by atoms with Crippen molar-refractivity contribution in [2.45, 2.75) is 50.6 Å². The average molecular weight is 695 g/mol. The van der Waals surface area contributed by atoms with Gasteiger partial charge in [0.1, 0.15) is 10.0 Å². The number of carbonyl (C=O) groups is 2. The number of benzene rings is 4. The molecular formula is C42H38N4O2S2. The zero-order chi connectivity index (χ0) is 33.9. The number of nitrogens with zero attached hydrogens (tertiary/aromatic N) is 4. The molecule has 0 bridgehead atoms. The molecule has 2 aliphatic heterocycles. The van der Waals surface area contributed by atoms with E-state index in [0.29, 0.717) is 12.8 Å². The summed E-state index contributed by atoms with van der Waals surface area (Å²) in [5, 5.41) is 2.04. The molecule has 0 N–H and O–H groups in total. The highest BCUT2D eigenvalue weighted by Gasteiger charge is 2.33. The molecule has 4 aromatic carbocycles. The van der Waals surface area contributed by atoms with E-state index in [4.69, 9.17) is 9.97 Å². The second-order valence-electron chi connectivity index (χ2n) is 13.1. The normalized spacial score (nSPS) is 17.4. The maximum atomic E-state index is 13.2. The van der Waals surface area contributed by atoms with Crippen LogP contribution in [0.2, 0.25) is 0 Å². The number of aromatic nitrogens is 2. The Labute approximate surface area is 301 Å². The van der Waals surface area contributed by atoms with E-state index in [0.717, 1.165) is 91.9 Å². The Morgan fingerprint density at radius 1 is 0.540 bits per heavy atom. The van der Waals surface area contributed by atoms with Gasteiger partial charge in [0.15, 0.2) is 0 Å². The minimum Gasteiger partial charge on any atom is -0.333 e. The number of hydrogen-bond acceptors (Lipinski definition) is 6. The molecular weight excluding hydrogens is 657 g/mol. The van der Waals surface area contributed by atoms with E-state index in [2.05, 4.69) is 48.5 Å². The van der Waals surface area contributed by atoms with E-state index in [9.17, 15) is 9.59 Å². The summed E-state index contributed by atoms with van der Waals surface area (Å²) in [6.07, 6.45) is 8.70. The van der Waals surface area contributed by atoms with Crippen LogP contribution >= 0.6 is 22.7 Å². The predicted octanol–water partition coefficient (Wildman–Crippen LogP) is 9.41. The van der Waals surface area contributed by atoms with Crippen molar-refractivity contribution in [1.82, 2.24) is 19.8 Å². The van der Waals surface area contributed by atoms with Crippen LogP contribution in [0.1, 0.15) is 58.9 Å². The van der Waals surface area contributed by atoms with Gasteiger partial charge in [-0.25, -0.2) is 9.97 Å². The first-order chi connectivity index (χ1) is 24.6. The van der Waals surface area contributed by atoms with Gasteiger partial charge in [-0.1, -0.05) is 109 Å². The highest BCUT2D eigenvalue weighted by molar-refractivity contribution is 7.15. The maximum Gasteiger partial charge on any atom is 0.227 e. The van der Waals surface area contributed by atoms with E-state index in [1.54, 1.807) is 22.7 Å². The van der Waals surface area contributed by atoms with E-state index in [-0.39, 0.29) is 23.9 Å². The third-order valence-corrected chi connectivity index (χ3v) is 12.1. The molecule has 50 heavy (non-hydrogen) atoms. The minimum atomic E-state index is 0.0524. The molecule has 0 aliphatic carbocycles. The Balaban J connectivity index is 0.910. The zero-order valence-electron chi connectivity index (χ0n) is 27.8. The molecule has 2 aromatic heterocycles. The van der Waals surface area contributed by atoms with Crippen LogP contribution in [0, 0.1) is 0 Å². The van der Waals surface area contributed by atoms with E-state index in [1.807, 2.05) is 82.9 Å². The van der Waals surface area contributed by atoms with Crippen molar-refractivity contribution in [3.05, 3.63) is 143 Å². The summed E-state index contributed by atoms with van der Waals surface area (Å²) >= 11 is 3.39. The first-order valence-corrected chi connectivity index (χ1v) is 19.0. The van der Waals surface area contributed by atoms with Gasteiger partial charge >= 0.3 is 0 Å². The Hall–Kier alpha value is -4.92. The third-order valence-electron chi connectivity index (χ3n) is 9.83. The van der Waals surface area contributed by atoms with Gasteiger partial charge in [-0.05, 0) is 59.1 Å². The van der Waals surface area contributed by atoms with Gasteiger partial charge in [0.2, 0.25) is 11.8 Å². The lowest BCUT2D eigenvalue weighted by atomic mass is 10.0. The number of amides is 2. The molecule has 4 heterocycles. The molecule has 0 spiro atoms. The topological polar surface area (TPSA) is 66.4 Å². The largest absolute Gasteiger partial charge is 0.333 e. The average Bonchev–Trinajstić information content (AvgIpc) is 3.99. The number of carbonyl (C=O) groups excluding carboxylic acids is 2. The number of likely N-dealkylation sites (tertiary alicyclic amines) is 2. The summed E-state index contributed by atoms with van der Waals surface area (Å²) in [6, 6.07) is 37.4.